The summed E-state index contributed by atoms with van der Waals surface area (Å²) in [6.45, 7) is 4.96. The maximum absolute atomic E-state index is 9.75. The van der Waals surface area contributed by atoms with Gasteiger partial charge in [0.05, 0.1) is 6.61 Å². The second-order valence-corrected chi connectivity index (χ2v) is 3.73. The first-order valence-corrected chi connectivity index (χ1v) is 5.10. The van der Waals surface area contributed by atoms with Gasteiger partial charge < -0.3 is 19.6 Å². The average Bonchev–Trinajstić information content (AvgIpc) is 2.62. The molecule has 86 valence electrons. The van der Waals surface area contributed by atoms with E-state index in [-0.39, 0.29) is 6.04 Å². The molecule has 2 atom stereocenters. The van der Waals surface area contributed by atoms with Crippen LogP contribution in [0.1, 0.15) is 24.5 Å². The van der Waals surface area contributed by atoms with Crippen molar-refractivity contribution in [2.75, 3.05) is 20.3 Å². The van der Waals surface area contributed by atoms with Crippen molar-refractivity contribution in [3.63, 3.8) is 0 Å². The van der Waals surface area contributed by atoms with Gasteiger partial charge in [0.15, 0.2) is 0 Å². The Balaban J connectivity index is 2.33. The zero-order valence-corrected chi connectivity index (χ0v) is 9.49. The van der Waals surface area contributed by atoms with Crippen molar-refractivity contribution in [2.45, 2.75) is 26.0 Å². The zero-order chi connectivity index (χ0) is 11.3. The van der Waals surface area contributed by atoms with Crippen LogP contribution in [0.3, 0.4) is 0 Å². The van der Waals surface area contributed by atoms with Crippen molar-refractivity contribution in [3.8, 4) is 0 Å². The third-order valence-corrected chi connectivity index (χ3v) is 2.17. The molecule has 0 saturated carbocycles. The lowest BCUT2D eigenvalue weighted by atomic mass is 10.2. The predicted octanol–water partition coefficient (Wildman–Crippen LogP) is 1.25. The molecule has 2 N–H and O–H groups in total. The number of furan rings is 1. The molecule has 1 rings (SSSR count). The Morgan fingerprint density at radius 1 is 1.53 bits per heavy atom. The highest BCUT2D eigenvalue weighted by Gasteiger charge is 2.12. The summed E-state index contributed by atoms with van der Waals surface area (Å²) < 4.78 is 10.3. The van der Waals surface area contributed by atoms with E-state index >= 15 is 0 Å². The van der Waals surface area contributed by atoms with Gasteiger partial charge in [-0.25, -0.2) is 0 Å². The van der Waals surface area contributed by atoms with E-state index in [9.17, 15) is 5.11 Å². The molecule has 15 heavy (non-hydrogen) atoms. The van der Waals surface area contributed by atoms with Crippen molar-refractivity contribution in [3.05, 3.63) is 23.7 Å². The summed E-state index contributed by atoms with van der Waals surface area (Å²) in [5, 5.41) is 12.9. The van der Waals surface area contributed by atoms with Gasteiger partial charge in [0, 0.05) is 19.7 Å². The molecule has 0 saturated heterocycles. The number of hydrogen-bond donors (Lipinski definition) is 2. The summed E-state index contributed by atoms with van der Waals surface area (Å²) >= 11 is 0. The summed E-state index contributed by atoms with van der Waals surface area (Å²) in [6, 6.07) is 3.86. The Morgan fingerprint density at radius 2 is 2.27 bits per heavy atom. The number of methoxy groups -OCH3 is 1. The van der Waals surface area contributed by atoms with Crippen LogP contribution in [0.4, 0.5) is 0 Å². The molecule has 0 aliphatic heterocycles. The monoisotopic (exact) mass is 213 g/mol. The molecule has 0 amide bonds. The summed E-state index contributed by atoms with van der Waals surface area (Å²) in [7, 11) is 1.66. The van der Waals surface area contributed by atoms with E-state index in [1.54, 1.807) is 13.2 Å². The van der Waals surface area contributed by atoms with Crippen LogP contribution in [0.2, 0.25) is 0 Å². The Hall–Kier alpha value is -0.840. The summed E-state index contributed by atoms with van der Waals surface area (Å²) in [6.07, 6.45) is -0.599. The van der Waals surface area contributed by atoms with Crippen molar-refractivity contribution >= 4 is 0 Å². The molecular weight excluding hydrogens is 194 g/mol. The smallest absolute Gasteiger partial charge is 0.133 e. The van der Waals surface area contributed by atoms with Crippen molar-refractivity contribution in [2.24, 2.45) is 0 Å². The van der Waals surface area contributed by atoms with Crippen LogP contribution in [0.25, 0.3) is 0 Å². The topological polar surface area (TPSA) is 54.6 Å². The van der Waals surface area contributed by atoms with Gasteiger partial charge in [-0.15, -0.1) is 0 Å². The predicted molar refractivity (Wildman–Crippen MR) is 57.7 cm³/mol. The molecule has 0 aromatic carbocycles. The van der Waals surface area contributed by atoms with Crippen LogP contribution in [-0.2, 0) is 4.74 Å². The van der Waals surface area contributed by atoms with Gasteiger partial charge in [-0.1, -0.05) is 0 Å². The lowest BCUT2D eigenvalue weighted by Crippen LogP contribution is -2.33. The van der Waals surface area contributed by atoms with E-state index in [0.717, 1.165) is 5.76 Å². The molecule has 4 heteroatoms. The minimum absolute atomic E-state index is 0.223. The van der Waals surface area contributed by atoms with E-state index in [0.29, 0.717) is 18.9 Å². The molecule has 0 spiro atoms. The molecule has 0 radical (unpaired) electrons. The molecule has 1 aromatic heterocycles. The van der Waals surface area contributed by atoms with Gasteiger partial charge >= 0.3 is 0 Å². The molecule has 4 nitrogen and oxygen atoms in total. The van der Waals surface area contributed by atoms with Crippen LogP contribution in [0, 0.1) is 6.92 Å². The van der Waals surface area contributed by atoms with Gasteiger partial charge in [-0.05, 0) is 26.0 Å². The highest BCUT2D eigenvalue weighted by molar-refractivity contribution is 5.08. The van der Waals surface area contributed by atoms with Gasteiger partial charge in [-0.3, -0.25) is 0 Å². The molecule has 0 fully saturated rings. The van der Waals surface area contributed by atoms with Crippen LogP contribution in [0.15, 0.2) is 16.5 Å². The summed E-state index contributed by atoms with van der Waals surface area (Å²) in [5.41, 5.74) is 0. The number of ether oxygens (including phenoxy) is 1. The third kappa shape index (κ3) is 4.03. The number of aryl methyl sites for hydroxylation is 1. The number of hydrogen-bond acceptors (Lipinski definition) is 4. The Kier molecular flexibility index (Phi) is 4.81. The van der Waals surface area contributed by atoms with Gasteiger partial charge in [-0.2, -0.15) is 0 Å². The molecule has 0 bridgehead atoms. The Morgan fingerprint density at radius 3 is 2.80 bits per heavy atom. The number of nitrogens with one attached hydrogen (secondary N) is 1. The van der Waals surface area contributed by atoms with Crippen molar-refractivity contribution in [1.29, 1.82) is 0 Å². The largest absolute Gasteiger partial charge is 0.464 e. The van der Waals surface area contributed by atoms with E-state index < -0.39 is 6.10 Å². The lowest BCUT2D eigenvalue weighted by Gasteiger charge is -2.15. The number of aliphatic hydroxyl groups excluding tert-OH is 1. The first-order valence-electron chi connectivity index (χ1n) is 5.10. The standard InChI is InChI=1S/C11H19NO3/c1-8(7-14-3)12-6-10(13)11-5-4-9(2)15-11/h4-5,8,10,12-13H,6-7H2,1-3H3. The highest BCUT2D eigenvalue weighted by Crippen LogP contribution is 2.15. The lowest BCUT2D eigenvalue weighted by molar-refractivity contribution is 0.127. The Labute approximate surface area is 90.2 Å². The first-order chi connectivity index (χ1) is 7.13. The molecule has 0 aliphatic carbocycles. The number of aliphatic hydroxyl groups is 1. The molecule has 1 aromatic rings. The van der Waals surface area contributed by atoms with Gasteiger partial charge in [0.1, 0.15) is 17.6 Å². The number of rotatable bonds is 6. The summed E-state index contributed by atoms with van der Waals surface area (Å²) in [5.74, 6) is 1.42. The average molecular weight is 213 g/mol. The zero-order valence-electron chi connectivity index (χ0n) is 9.49. The van der Waals surface area contributed by atoms with Crippen LogP contribution in [0.5, 0.6) is 0 Å². The maximum Gasteiger partial charge on any atom is 0.133 e. The fourth-order valence-corrected chi connectivity index (χ4v) is 1.35. The second-order valence-electron chi connectivity index (χ2n) is 3.73. The maximum atomic E-state index is 9.75. The minimum Gasteiger partial charge on any atom is -0.464 e. The highest BCUT2D eigenvalue weighted by atomic mass is 16.5. The molecule has 1 heterocycles. The second kappa shape index (κ2) is 5.90. The van der Waals surface area contributed by atoms with Gasteiger partial charge in [0.25, 0.3) is 0 Å². The fraction of sp³-hybridized carbons (Fsp3) is 0.636. The van der Waals surface area contributed by atoms with Crippen LogP contribution in [-0.4, -0.2) is 31.4 Å². The van der Waals surface area contributed by atoms with E-state index in [2.05, 4.69) is 5.32 Å². The van der Waals surface area contributed by atoms with Crippen LogP contribution >= 0.6 is 0 Å². The molecular formula is C11H19NO3. The van der Waals surface area contributed by atoms with E-state index in [1.165, 1.54) is 0 Å². The van der Waals surface area contributed by atoms with Gasteiger partial charge in [0.2, 0.25) is 0 Å². The first kappa shape index (κ1) is 12.2. The normalized spacial score (nSPS) is 15.2. The van der Waals surface area contributed by atoms with E-state index in [4.69, 9.17) is 9.15 Å². The van der Waals surface area contributed by atoms with Crippen molar-refractivity contribution < 1.29 is 14.3 Å². The fourth-order valence-electron chi connectivity index (χ4n) is 1.35. The van der Waals surface area contributed by atoms with E-state index in [1.807, 2.05) is 19.9 Å². The quantitative estimate of drug-likeness (QED) is 0.746. The SMILES string of the molecule is COCC(C)NCC(O)c1ccc(C)o1. The van der Waals surface area contributed by atoms with Crippen molar-refractivity contribution in [1.82, 2.24) is 5.32 Å². The van der Waals surface area contributed by atoms with Crippen LogP contribution < -0.4 is 5.32 Å². The summed E-state index contributed by atoms with van der Waals surface area (Å²) in [4.78, 5) is 0. The molecule has 2 unspecified atom stereocenters. The molecule has 0 aliphatic rings. The third-order valence-electron chi connectivity index (χ3n) is 2.17. The Bertz CT molecular complexity index is 285. The minimum atomic E-state index is -0.599.